The fraction of sp³-hybridized carbons (Fsp3) is 0.235. The summed E-state index contributed by atoms with van der Waals surface area (Å²) in [5.74, 6) is -0.658. The van der Waals surface area contributed by atoms with Gasteiger partial charge < -0.3 is 5.32 Å². The zero-order chi connectivity index (χ0) is 16.2. The predicted molar refractivity (Wildman–Crippen MR) is 88.3 cm³/mol. The van der Waals surface area contributed by atoms with E-state index in [0.29, 0.717) is 11.3 Å². The van der Waals surface area contributed by atoms with Crippen LogP contribution < -0.4 is 5.32 Å². The Morgan fingerprint density at radius 2 is 1.64 bits per heavy atom. The van der Waals surface area contributed by atoms with E-state index >= 15 is 0 Å². The van der Waals surface area contributed by atoms with Gasteiger partial charge in [-0.2, -0.15) is 0 Å². The summed E-state index contributed by atoms with van der Waals surface area (Å²) in [7, 11) is -3.56. The minimum absolute atomic E-state index is 0.142. The summed E-state index contributed by atoms with van der Waals surface area (Å²) >= 11 is 0. The lowest BCUT2D eigenvalue weighted by Gasteiger charge is -2.13. The number of sulfone groups is 1. The highest BCUT2D eigenvalue weighted by Crippen LogP contribution is 2.14. The van der Waals surface area contributed by atoms with E-state index in [2.05, 4.69) is 5.32 Å². The predicted octanol–water partition coefficient (Wildman–Crippen LogP) is 2.94. The number of rotatable bonds is 5. The fourth-order valence-electron chi connectivity index (χ4n) is 1.97. The highest BCUT2D eigenvalue weighted by Gasteiger charge is 2.28. The van der Waals surface area contributed by atoms with Gasteiger partial charge in [-0.15, -0.1) is 0 Å². The van der Waals surface area contributed by atoms with Crippen LogP contribution in [0.1, 0.15) is 18.1 Å². The molecule has 1 unspecified atom stereocenters. The molecule has 0 saturated carbocycles. The quantitative estimate of drug-likeness (QED) is 0.922. The first-order chi connectivity index (χ1) is 10.4. The zero-order valence-corrected chi connectivity index (χ0v) is 13.4. The van der Waals surface area contributed by atoms with Crippen molar-refractivity contribution in [2.45, 2.75) is 24.9 Å². The molecule has 5 heteroatoms. The molecule has 1 atom stereocenters. The van der Waals surface area contributed by atoms with E-state index in [0.717, 1.165) is 5.56 Å². The highest BCUT2D eigenvalue weighted by molar-refractivity contribution is 7.92. The number of hydrogen-bond donors (Lipinski definition) is 1. The first-order valence-corrected chi connectivity index (χ1v) is 8.73. The topological polar surface area (TPSA) is 63.2 Å². The Morgan fingerprint density at radius 1 is 1.05 bits per heavy atom. The van der Waals surface area contributed by atoms with E-state index in [1.165, 1.54) is 6.92 Å². The van der Waals surface area contributed by atoms with Crippen molar-refractivity contribution in [1.82, 2.24) is 0 Å². The molecule has 0 bridgehead atoms. The number of anilines is 1. The average Bonchev–Trinajstić information content (AvgIpc) is 2.49. The highest BCUT2D eigenvalue weighted by atomic mass is 32.2. The smallest absolute Gasteiger partial charge is 0.242 e. The Hall–Kier alpha value is -2.14. The second-order valence-electron chi connectivity index (χ2n) is 5.29. The Balaban J connectivity index is 2.08. The van der Waals surface area contributed by atoms with Crippen LogP contribution >= 0.6 is 0 Å². The number of benzene rings is 2. The lowest BCUT2D eigenvalue weighted by molar-refractivity contribution is -0.115. The van der Waals surface area contributed by atoms with Crippen LogP contribution in [0.2, 0.25) is 0 Å². The van der Waals surface area contributed by atoms with Crippen molar-refractivity contribution in [2.24, 2.45) is 0 Å². The molecule has 2 aromatic rings. The molecule has 0 aliphatic carbocycles. The summed E-state index contributed by atoms with van der Waals surface area (Å²) in [5.41, 5.74) is 2.34. The Morgan fingerprint density at radius 3 is 2.23 bits per heavy atom. The molecule has 0 saturated heterocycles. The first kappa shape index (κ1) is 16.2. The van der Waals surface area contributed by atoms with Gasteiger partial charge >= 0.3 is 0 Å². The molecule has 0 fully saturated rings. The SMILES string of the molecule is Cc1ccc(CS(=O)(=O)C(C)C(=O)Nc2ccccc2)cc1. The molecular weight excluding hydrogens is 298 g/mol. The molecule has 4 nitrogen and oxygen atoms in total. The number of nitrogens with one attached hydrogen (secondary N) is 1. The molecule has 0 radical (unpaired) electrons. The van der Waals surface area contributed by atoms with Gasteiger partial charge in [0.25, 0.3) is 0 Å². The minimum atomic E-state index is -3.56. The van der Waals surface area contributed by atoms with Gasteiger partial charge in [0, 0.05) is 5.69 Å². The van der Waals surface area contributed by atoms with Gasteiger partial charge in [-0.25, -0.2) is 8.42 Å². The van der Waals surface area contributed by atoms with Crippen molar-refractivity contribution >= 4 is 21.4 Å². The lowest BCUT2D eigenvalue weighted by atomic mass is 10.2. The van der Waals surface area contributed by atoms with Gasteiger partial charge in [0.05, 0.1) is 5.75 Å². The molecule has 22 heavy (non-hydrogen) atoms. The molecule has 0 aliphatic rings. The summed E-state index contributed by atoms with van der Waals surface area (Å²) in [6, 6.07) is 16.1. The number of hydrogen-bond acceptors (Lipinski definition) is 3. The Labute approximate surface area is 131 Å². The van der Waals surface area contributed by atoms with Crippen molar-refractivity contribution in [1.29, 1.82) is 0 Å². The summed E-state index contributed by atoms with van der Waals surface area (Å²) < 4.78 is 24.7. The molecule has 2 aromatic carbocycles. The second-order valence-corrected chi connectivity index (χ2v) is 7.61. The summed E-state index contributed by atoms with van der Waals surface area (Å²) in [5, 5.41) is 1.52. The van der Waals surface area contributed by atoms with Crippen molar-refractivity contribution in [3.63, 3.8) is 0 Å². The first-order valence-electron chi connectivity index (χ1n) is 7.01. The van der Waals surface area contributed by atoms with Gasteiger partial charge in [0.2, 0.25) is 5.91 Å². The van der Waals surface area contributed by atoms with E-state index in [1.807, 2.05) is 25.1 Å². The molecule has 0 heterocycles. The van der Waals surface area contributed by atoms with Crippen LogP contribution in [0.25, 0.3) is 0 Å². The van der Waals surface area contributed by atoms with Crippen LogP contribution in [0.5, 0.6) is 0 Å². The van der Waals surface area contributed by atoms with E-state index in [9.17, 15) is 13.2 Å². The molecule has 0 aromatic heterocycles. The monoisotopic (exact) mass is 317 g/mol. The number of amides is 1. The van der Waals surface area contributed by atoms with Crippen molar-refractivity contribution in [3.8, 4) is 0 Å². The molecular formula is C17H19NO3S. The lowest BCUT2D eigenvalue weighted by Crippen LogP contribution is -2.33. The molecule has 1 amide bonds. The van der Waals surface area contributed by atoms with Crippen LogP contribution in [-0.2, 0) is 20.4 Å². The number of carbonyl (C=O) groups excluding carboxylic acids is 1. The Kier molecular flexibility index (Phi) is 4.98. The van der Waals surface area contributed by atoms with Gasteiger partial charge in [0.1, 0.15) is 5.25 Å². The molecule has 0 aliphatic heterocycles. The summed E-state index contributed by atoms with van der Waals surface area (Å²) in [4.78, 5) is 12.1. The maximum atomic E-state index is 12.4. The molecule has 1 N–H and O–H groups in total. The van der Waals surface area contributed by atoms with Crippen LogP contribution in [0.4, 0.5) is 5.69 Å². The maximum Gasteiger partial charge on any atom is 0.242 e. The van der Waals surface area contributed by atoms with Crippen molar-refractivity contribution in [2.75, 3.05) is 5.32 Å². The van der Waals surface area contributed by atoms with Gasteiger partial charge in [0.15, 0.2) is 9.84 Å². The molecule has 116 valence electrons. The number of para-hydroxylation sites is 1. The van der Waals surface area contributed by atoms with Crippen LogP contribution in [0.3, 0.4) is 0 Å². The Bertz CT molecular complexity index is 737. The third-order valence-electron chi connectivity index (χ3n) is 3.44. The third-order valence-corrected chi connectivity index (χ3v) is 5.46. The van der Waals surface area contributed by atoms with E-state index in [4.69, 9.17) is 0 Å². The second kappa shape index (κ2) is 6.75. The number of aryl methyl sites for hydroxylation is 1. The number of carbonyl (C=O) groups is 1. The maximum absolute atomic E-state index is 12.4. The largest absolute Gasteiger partial charge is 0.325 e. The zero-order valence-electron chi connectivity index (χ0n) is 12.6. The minimum Gasteiger partial charge on any atom is -0.325 e. The summed E-state index contributed by atoms with van der Waals surface area (Å²) in [6.07, 6.45) is 0. The fourth-order valence-corrected chi connectivity index (χ4v) is 3.26. The van der Waals surface area contributed by atoms with E-state index in [-0.39, 0.29) is 5.75 Å². The third kappa shape index (κ3) is 4.18. The molecule has 0 spiro atoms. The average molecular weight is 317 g/mol. The van der Waals surface area contributed by atoms with E-state index < -0.39 is 21.0 Å². The van der Waals surface area contributed by atoms with Crippen LogP contribution in [-0.4, -0.2) is 19.6 Å². The van der Waals surface area contributed by atoms with Crippen LogP contribution in [0.15, 0.2) is 54.6 Å². The van der Waals surface area contributed by atoms with E-state index in [1.54, 1.807) is 36.4 Å². The normalized spacial score (nSPS) is 12.6. The van der Waals surface area contributed by atoms with Crippen molar-refractivity contribution in [3.05, 3.63) is 65.7 Å². The van der Waals surface area contributed by atoms with Gasteiger partial charge in [-0.05, 0) is 31.5 Å². The van der Waals surface area contributed by atoms with Gasteiger partial charge in [-0.3, -0.25) is 4.79 Å². The van der Waals surface area contributed by atoms with Gasteiger partial charge in [-0.1, -0.05) is 48.0 Å². The summed E-state index contributed by atoms with van der Waals surface area (Å²) in [6.45, 7) is 3.36. The standard InChI is InChI=1S/C17H19NO3S/c1-13-8-10-15(11-9-13)12-22(20,21)14(2)17(19)18-16-6-4-3-5-7-16/h3-11,14H,12H2,1-2H3,(H,18,19). The molecule has 2 rings (SSSR count). The van der Waals surface area contributed by atoms with Crippen LogP contribution in [0, 0.1) is 6.92 Å². The van der Waals surface area contributed by atoms with Crippen molar-refractivity contribution < 1.29 is 13.2 Å².